The number of anilines is 1. The number of hydrogen-bond donors (Lipinski definition) is 0. The van der Waals surface area contributed by atoms with Crippen LogP contribution >= 0.6 is 11.6 Å². The van der Waals surface area contributed by atoms with Crippen LogP contribution in [-0.2, 0) is 0 Å². The number of rotatable bonds is 3. The first kappa shape index (κ1) is 13.1. The van der Waals surface area contributed by atoms with Gasteiger partial charge in [-0.25, -0.2) is 9.97 Å². The molecule has 1 atom stereocenters. The second-order valence-electron chi connectivity index (χ2n) is 5.60. The van der Waals surface area contributed by atoms with Crippen molar-refractivity contribution >= 4 is 17.4 Å². The zero-order valence-corrected chi connectivity index (χ0v) is 12.4. The molecule has 1 aliphatic heterocycles. The summed E-state index contributed by atoms with van der Waals surface area (Å²) in [5.74, 6) is 2.49. The molecule has 1 unspecified atom stereocenters. The fraction of sp³-hybridized carbons (Fsp3) is 0.714. The third-order valence-corrected chi connectivity index (χ3v) is 4.33. The third kappa shape index (κ3) is 2.84. The first-order chi connectivity index (χ1) is 9.17. The molecule has 2 aliphatic rings. The Morgan fingerprint density at radius 3 is 2.74 bits per heavy atom. The molecular weight excluding hydrogens is 260 g/mol. The average Bonchev–Trinajstić information content (AvgIpc) is 3.22. The molecule has 4 nitrogen and oxygen atoms in total. The minimum atomic E-state index is 0.548. The van der Waals surface area contributed by atoms with Gasteiger partial charge >= 0.3 is 0 Å². The van der Waals surface area contributed by atoms with Gasteiger partial charge in [0, 0.05) is 37.7 Å². The zero-order valence-electron chi connectivity index (χ0n) is 11.6. The topological polar surface area (TPSA) is 32.3 Å². The van der Waals surface area contributed by atoms with Gasteiger partial charge in [0.25, 0.3) is 0 Å². The lowest BCUT2D eigenvalue weighted by molar-refractivity contribution is 0.199. The highest BCUT2D eigenvalue weighted by Gasteiger charge is 2.29. The van der Waals surface area contributed by atoms with Crippen LogP contribution < -0.4 is 4.90 Å². The molecule has 0 spiro atoms. The summed E-state index contributed by atoms with van der Waals surface area (Å²) >= 11 is 6.15. The van der Waals surface area contributed by atoms with Gasteiger partial charge in [-0.3, -0.25) is 4.90 Å². The lowest BCUT2D eigenvalue weighted by Crippen LogP contribution is -2.52. The Balaban J connectivity index is 1.78. The number of nitrogens with zero attached hydrogens (tertiary/aromatic N) is 4. The van der Waals surface area contributed by atoms with Gasteiger partial charge < -0.3 is 4.90 Å². The molecule has 1 saturated heterocycles. The lowest BCUT2D eigenvalue weighted by Gasteiger charge is -2.40. The monoisotopic (exact) mass is 280 g/mol. The summed E-state index contributed by atoms with van der Waals surface area (Å²) in [6.45, 7) is 8.75. The normalized spacial score (nSPS) is 24.8. The van der Waals surface area contributed by atoms with Crippen LogP contribution in [0.3, 0.4) is 0 Å². The molecule has 1 aliphatic carbocycles. The van der Waals surface area contributed by atoms with Gasteiger partial charge in [-0.2, -0.15) is 0 Å². The molecule has 3 rings (SSSR count). The summed E-state index contributed by atoms with van der Waals surface area (Å²) in [6, 6.07) is 2.47. The van der Waals surface area contributed by atoms with Gasteiger partial charge in [0.1, 0.15) is 16.8 Å². The summed E-state index contributed by atoms with van der Waals surface area (Å²) in [6.07, 6.45) is 2.42. The van der Waals surface area contributed by atoms with E-state index >= 15 is 0 Å². The smallest absolute Gasteiger partial charge is 0.135 e. The fourth-order valence-corrected chi connectivity index (χ4v) is 2.97. The van der Waals surface area contributed by atoms with E-state index in [1.807, 2.05) is 6.07 Å². The average molecular weight is 281 g/mol. The maximum atomic E-state index is 6.15. The van der Waals surface area contributed by atoms with Crippen LogP contribution in [0.4, 0.5) is 5.82 Å². The van der Waals surface area contributed by atoms with E-state index in [1.165, 1.54) is 12.8 Å². The molecule has 2 heterocycles. The highest BCUT2D eigenvalue weighted by molar-refractivity contribution is 6.29. The largest absolute Gasteiger partial charge is 0.354 e. The van der Waals surface area contributed by atoms with Crippen molar-refractivity contribution in [3.63, 3.8) is 0 Å². The summed E-state index contributed by atoms with van der Waals surface area (Å²) in [5.41, 5.74) is 0. The van der Waals surface area contributed by atoms with Crippen molar-refractivity contribution in [3.05, 3.63) is 17.0 Å². The van der Waals surface area contributed by atoms with Crippen molar-refractivity contribution in [3.8, 4) is 0 Å². The summed E-state index contributed by atoms with van der Waals surface area (Å²) < 4.78 is 0. The van der Waals surface area contributed by atoms with Crippen LogP contribution in [0.25, 0.3) is 0 Å². The van der Waals surface area contributed by atoms with Gasteiger partial charge in [0.15, 0.2) is 0 Å². The van der Waals surface area contributed by atoms with Crippen molar-refractivity contribution in [1.82, 2.24) is 14.9 Å². The van der Waals surface area contributed by atoms with Crippen LogP contribution in [0.2, 0.25) is 5.15 Å². The molecule has 1 aromatic rings. The van der Waals surface area contributed by atoms with Crippen molar-refractivity contribution in [2.24, 2.45) is 0 Å². The zero-order chi connectivity index (χ0) is 13.4. The molecule has 19 heavy (non-hydrogen) atoms. The second-order valence-corrected chi connectivity index (χ2v) is 5.99. The van der Waals surface area contributed by atoms with Crippen LogP contribution in [0, 0.1) is 0 Å². The Morgan fingerprint density at radius 1 is 1.32 bits per heavy atom. The molecule has 0 bridgehead atoms. The molecule has 5 heteroatoms. The summed E-state index contributed by atoms with van der Waals surface area (Å²) in [4.78, 5) is 13.9. The van der Waals surface area contributed by atoms with E-state index in [-0.39, 0.29) is 0 Å². The van der Waals surface area contributed by atoms with Crippen molar-refractivity contribution < 1.29 is 0 Å². The van der Waals surface area contributed by atoms with E-state index in [0.717, 1.165) is 37.8 Å². The van der Waals surface area contributed by atoms with Crippen molar-refractivity contribution in [2.45, 2.75) is 38.6 Å². The van der Waals surface area contributed by atoms with Gasteiger partial charge in [-0.05, 0) is 26.3 Å². The first-order valence-corrected chi connectivity index (χ1v) is 7.58. The highest BCUT2D eigenvalue weighted by Crippen LogP contribution is 2.39. The minimum Gasteiger partial charge on any atom is -0.354 e. The maximum absolute atomic E-state index is 6.15. The van der Waals surface area contributed by atoms with Gasteiger partial charge in [-0.1, -0.05) is 18.5 Å². The van der Waals surface area contributed by atoms with E-state index < -0.39 is 0 Å². The van der Waals surface area contributed by atoms with E-state index in [1.54, 1.807) is 0 Å². The summed E-state index contributed by atoms with van der Waals surface area (Å²) in [7, 11) is 0. The molecule has 0 amide bonds. The van der Waals surface area contributed by atoms with Crippen LogP contribution in [0.15, 0.2) is 6.07 Å². The highest BCUT2D eigenvalue weighted by atomic mass is 35.5. The van der Waals surface area contributed by atoms with E-state index in [4.69, 9.17) is 16.6 Å². The predicted molar refractivity (Wildman–Crippen MR) is 77.9 cm³/mol. The third-order valence-electron chi connectivity index (χ3n) is 4.14. The maximum Gasteiger partial charge on any atom is 0.135 e. The minimum absolute atomic E-state index is 0.548. The van der Waals surface area contributed by atoms with Gasteiger partial charge in [-0.15, -0.1) is 0 Å². The number of piperazine rings is 1. The van der Waals surface area contributed by atoms with E-state index in [2.05, 4.69) is 28.6 Å². The predicted octanol–water partition coefficient (Wildman–Crippen LogP) is 2.54. The van der Waals surface area contributed by atoms with Crippen molar-refractivity contribution in [2.75, 3.05) is 31.1 Å². The molecule has 1 aromatic heterocycles. The SMILES string of the molecule is CCN1CCN(c2cc(Cl)nc(C3CC3)n2)CC1C. The molecule has 1 saturated carbocycles. The molecular formula is C14H21ClN4. The van der Waals surface area contributed by atoms with Crippen molar-refractivity contribution in [1.29, 1.82) is 0 Å². The fourth-order valence-electron chi connectivity index (χ4n) is 2.78. The Kier molecular flexibility index (Phi) is 3.63. The molecule has 104 valence electrons. The number of aromatic nitrogens is 2. The molecule has 2 fully saturated rings. The lowest BCUT2D eigenvalue weighted by atomic mass is 10.2. The van der Waals surface area contributed by atoms with Crippen LogP contribution in [0.5, 0.6) is 0 Å². The Morgan fingerprint density at radius 2 is 2.11 bits per heavy atom. The standard InChI is InChI=1S/C14H21ClN4/c1-3-18-6-7-19(9-10(18)2)13-8-12(15)16-14(17-13)11-4-5-11/h8,10-11H,3-7,9H2,1-2H3. The molecule has 0 radical (unpaired) electrons. The summed E-state index contributed by atoms with van der Waals surface area (Å²) in [5, 5.41) is 0.581. The number of likely N-dealkylation sites (N-methyl/N-ethyl adjacent to an activating group) is 1. The number of hydrogen-bond acceptors (Lipinski definition) is 4. The van der Waals surface area contributed by atoms with Gasteiger partial charge in [0.2, 0.25) is 0 Å². The quantitative estimate of drug-likeness (QED) is 0.797. The molecule has 0 N–H and O–H groups in total. The second kappa shape index (κ2) is 5.25. The van der Waals surface area contributed by atoms with Gasteiger partial charge in [0.05, 0.1) is 0 Å². The van der Waals surface area contributed by atoms with Crippen LogP contribution in [-0.4, -0.2) is 47.1 Å². The van der Waals surface area contributed by atoms with E-state index in [9.17, 15) is 0 Å². The number of halogens is 1. The van der Waals surface area contributed by atoms with Crippen LogP contribution in [0.1, 0.15) is 38.4 Å². The first-order valence-electron chi connectivity index (χ1n) is 7.21. The Labute approximate surface area is 119 Å². The van der Waals surface area contributed by atoms with E-state index in [0.29, 0.717) is 17.1 Å². The molecule has 0 aromatic carbocycles. The Hall–Kier alpha value is -0.870. The Bertz CT molecular complexity index is 461.